The fourth-order valence-electron chi connectivity index (χ4n) is 3.42. The summed E-state index contributed by atoms with van der Waals surface area (Å²) in [6.07, 6.45) is 0.862. The molecule has 152 valence electrons. The van der Waals surface area contributed by atoms with Gasteiger partial charge in [-0.1, -0.05) is 37.3 Å². The standard InChI is InChI=1S/C23H31NO4/c1-4-27-21-13-9-12-20(23(21)28-5-2)17(3)14-18(15-22(25)26)16-24-19-10-7-6-8-11-19/h6-13,17-18,24H,4-5,14-16H2,1-3H3,(H,25,26). The Morgan fingerprint density at radius 2 is 1.75 bits per heavy atom. The third-order valence-electron chi connectivity index (χ3n) is 4.65. The number of hydrogen-bond acceptors (Lipinski definition) is 4. The highest BCUT2D eigenvalue weighted by atomic mass is 16.5. The van der Waals surface area contributed by atoms with Gasteiger partial charge in [-0.05, 0) is 50.3 Å². The van der Waals surface area contributed by atoms with Crippen LogP contribution in [0.2, 0.25) is 0 Å². The van der Waals surface area contributed by atoms with E-state index in [4.69, 9.17) is 9.47 Å². The second-order valence-corrected chi connectivity index (χ2v) is 6.89. The molecule has 2 unspecified atom stereocenters. The Morgan fingerprint density at radius 3 is 2.39 bits per heavy atom. The normalized spacial score (nSPS) is 12.8. The van der Waals surface area contributed by atoms with Crippen LogP contribution < -0.4 is 14.8 Å². The van der Waals surface area contributed by atoms with E-state index in [-0.39, 0.29) is 18.3 Å². The number of rotatable bonds is 12. The zero-order valence-electron chi connectivity index (χ0n) is 17.0. The quantitative estimate of drug-likeness (QED) is 0.527. The Labute approximate surface area is 167 Å². The lowest BCUT2D eigenvalue weighted by Crippen LogP contribution is -2.20. The molecule has 2 N–H and O–H groups in total. The van der Waals surface area contributed by atoms with Crippen LogP contribution in [0.15, 0.2) is 48.5 Å². The fraction of sp³-hybridized carbons (Fsp3) is 0.435. The van der Waals surface area contributed by atoms with Crippen molar-refractivity contribution in [1.29, 1.82) is 0 Å². The van der Waals surface area contributed by atoms with Crippen LogP contribution >= 0.6 is 0 Å². The highest BCUT2D eigenvalue weighted by Gasteiger charge is 2.22. The third kappa shape index (κ3) is 6.48. The number of carboxylic acid groups (broad SMARTS) is 1. The minimum Gasteiger partial charge on any atom is -0.490 e. The summed E-state index contributed by atoms with van der Waals surface area (Å²) in [5.41, 5.74) is 2.06. The van der Waals surface area contributed by atoms with Crippen LogP contribution in [0.25, 0.3) is 0 Å². The number of ether oxygens (including phenoxy) is 2. The zero-order valence-corrected chi connectivity index (χ0v) is 17.0. The van der Waals surface area contributed by atoms with Gasteiger partial charge in [-0.3, -0.25) is 4.79 Å². The minimum atomic E-state index is -0.778. The smallest absolute Gasteiger partial charge is 0.303 e. The SMILES string of the molecule is CCOc1cccc(C(C)CC(CNc2ccccc2)CC(=O)O)c1OCC. The molecule has 0 aliphatic heterocycles. The number of benzene rings is 2. The Hall–Kier alpha value is -2.69. The van der Waals surface area contributed by atoms with Crippen LogP contribution in [-0.4, -0.2) is 30.8 Å². The van der Waals surface area contributed by atoms with Gasteiger partial charge in [-0.15, -0.1) is 0 Å². The minimum absolute atomic E-state index is 0.00191. The number of para-hydroxylation sites is 2. The highest BCUT2D eigenvalue weighted by Crippen LogP contribution is 2.38. The molecule has 0 bridgehead atoms. The maximum Gasteiger partial charge on any atom is 0.303 e. The van der Waals surface area contributed by atoms with E-state index in [9.17, 15) is 9.90 Å². The molecular formula is C23H31NO4. The lowest BCUT2D eigenvalue weighted by atomic mass is 9.87. The Morgan fingerprint density at radius 1 is 1.04 bits per heavy atom. The number of aliphatic carboxylic acids is 1. The summed E-state index contributed by atoms with van der Waals surface area (Å²) >= 11 is 0. The lowest BCUT2D eigenvalue weighted by molar-refractivity contribution is -0.138. The molecular weight excluding hydrogens is 354 g/mol. The van der Waals surface area contributed by atoms with Crippen molar-refractivity contribution in [3.05, 3.63) is 54.1 Å². The van der Waals surface area contributed by atoms with E-state index >= 15 is 0 Å². The lowest BCUT2D eigenvalue weighted by Gasteiger charge is -2.23. The number of carboxylic acids is 1. The molecule has 0 aliphatic rings. The van der Waals surface area contributed by atoms with E-state index in [0.717, 1.165) is 29.2 Å². The van der Waals surface area contributed by atoms with Crippen molar-refractivity contribution in [2.45, 2.75) is 39.5 Å². The van der Waals surface area contributed by atoms with Gasteiger partial charge >= 0.3 is 5.97 Å². The van der Waals surface area contributed by atoms with Gasteiger partial charge in [0.25, 0.3) is 0 Å². The van der Waals surface area contributed by atoms with Gasteiger partial charge in [0.15, 0.2) is 11.5 Å². The van der Waals surface area contributed by atoms with Gasteiger partial charge in [0.05, 0.1) is 13.2 Å². The molecule has 28 heavy (non-hydrogen) atoms. The Bertz CT molecular complexity index is 733. The molecule has 2 atom stereocenters. The second-order valence-electron chi connectivity index (χ2n) is 6.89. The summed E-state index contributed by atoms with van der Waals surface area (Å²) in [5.74, 6) is 0.873. The molecule has 0 aliphatic carbocycles. The maximum atomic E-state index is 11.4. The van der Waals surface area contributed by atoms with Crippen molar-refractivity contribution < 1.29 is 19.4 Å². The summed E-state index contributed by atoms with van der Waals surface area (Å²) in [4.78, 5) is 11.4. The first-order valence-corrected chi connectivity index (χ1v) is 9.94. The van der Waals surface area contributed by atoms with Crippen LogP contribution in [0.1, 0.15) is 45.1 Å². The number of nitrogens with one attached hydrogen (secondary N) is 1. The van der Waals surface area contributed by atoms with Gasteiger partial charge in [-0.25, -0.2) is 0 Å². The Balaban J connectivity index is 2.14. The van der Waals surface area contributed by atoms with Gasteiger partial charge in [0, 0.05) is 24.2 Å². The summed E-state index contributed by atoms with van der Waals surface area (Å²) < 4.78 is 11.6. The Kier molecular flexibility index (Phi) is 8.66. The maximum absolute atomic E-state index is 11.4. The monoisotopic (exact) mass is 385 g/mol. The number of hydrogen-bond donors (Lipinski definition) is 2. The fourth-order valence-corrected chi connectivity index (χ4v) is 3.42. The first kappa shape index (κ1) is 21.6. The van der Waals surface area contributed by atoms with Gasteiger partial charge < -0.3 is 19.9 Å². The van der Waals surface area contributed by atoms with E-state index in [1.54, 1.807) is 0 Å². The molecule has 2 rings (SSSR count). The van der Waals surface area contributed by atoms with E-state index in [1.165, 1.54) is 0 Å². The molecule has 0 aromatic heterocycles. The molecule has 2 aromatic rings. The topological polar surface area (TPSA) is 67.8 Å². The second kappa shape index (κ2) is 11.2. The zero-order chi connectivity index (χ0) is 20.4. The average Bonchev–Trinajstić information content (AvgIpc) is 2.68. The van der Waals surface area contributed by atoms with Gasteiger partial charge in [0.1, 0.15) is 0 Å². The summed E-state index contributed by atoms with van der Waals surface area (Å²) in [6.45, 7) is 7.75. The van der Waals surface area contributed by atoms with Crippen LogP contribution in [-0.2, 0) is 4.79 Å². The summed E-state index contributed by atoms with van der Waals surface area (Å²) in [7, 11) is 0. The van der Waals surface area contributed by atoms with E-state index in [1.807, 2.05) is 62.4 Å². The molecule has 2 aromatic carbocycles. The highest BCUT2D eigenvalue weighted by molar-refractivity contribution is 5.67. The molecule has 0 radical (unpaired) electrons. The van der Waals surface area contributed by atoms with Gasteiger partial charge in [-0.2, -0.15) is 0 Å². The largest absolute Gasteiger partial charge is 0.490 e. The molecule has 0 spiro atoms. The van der Waals surface area contributed by atoms with Crippen molar-refractivity contribution in [3.8, 4) is 11.5 Å². The molecule has 0 amide bonds. The summed E-state index contributed by atoms with van der Waals surface area (Å²) in [5, 5.41) is 12.7. The first-order valence-electron chi connectivity index (χ1n) is 9.94. The van der Waals surface area contributed by atoms with Crippen molar-refractivity contribution in [3.63, 3.8) is 0 Å². The number of anilines is 1. The van der Waals surface area contributed by atoms with E-state index in [2.05, 4.69) is 12.2 Å². The van der Waals surface area contributed by atoms with Crippen LogP contribution in [0.5, 0.6) is 11.5 Å². The number of carbonyl (C=O) groups is 1. The van der Waals surface area contributed by atoms with E-state index in [0.29, 0.717) is 19.8 Å². The van der Waals surface area contributed by atoms with Crippen molar-refractivity contribution >= 4 is 11.7 Å². The molecule has 0 saturated carbocycles. The van der Waals surface area contributed by atoms with Crippen molar-refractivity contribution in [2.24, 2.45) is 5.92 Å². The molecule has 0 saturated heterocycles. The van der Waals surface area contributed by atoms with Gasteiger partial charge in [0.2, 0.25) is 0 Å². The van der Waals surface area contributed by atoms with Crippen LogP contribution in [0.4, 0.5) is 5.69 Å². The third-order valence-corrected chi connectivity index (χ3v) is 4.65. The molecule has 5 nitrogen and oxygen atoms in total. The van der Waals surface area contributed by atoms with E-state index < -0.39 is 5.97 Å². The molecule has 0 fully saturated rings. The van der Waals surface area contributed by atoms with Crippen LogP contribution in [0.3, 0.4) is 0 Å². The van der Waals surface area contributed by atoms with Crippen LogP contribution in [0, 0.1) is 5.92 Å². The molecule has 5 heteroatoms. The predicted octanol–water partition coefficient (Wildman–Crippen LogP) is 5.18. The summed E-state index contributed by atoms with van der Waals surface area (Å²) in [6, 6.07) is 15.8. The first-order chi connectivity index (χ1) is 13.5. The van der Waals surface area contributed by atoms with Crippen molar-refractivity contribution in [1.82, 2.24) is 0 Å². The molecule has 0 heterocycles. The average molecular weight is 386 g/mol. The predicted molar refractivity (Wildman–Crippen MR) is 112 cm³/mol. The van der Waals surface area contributed by atoms with Crippen molar-refractivity contribution in [2.75, 3.05) is 25.1 Å².